The number of alkyl halides is 3. The van der Waals surface area contributed by atoms with Gasteiger partial charge in [0.25, 0.3) is 5.91 Å². The summed E-state index contributed by atoms with van der Waals surface area (Å²) in [5, 5.41) is 12.0. The quantitative estimate of drug-likeness (QED) is 0.457. The van der Waals surface area contributed by atoms with Gasteiger partial charge in [-0.3, -0.25) is 14.7 Å². The van der Waals surface area contributed by atoms with Crippen LogP contribution in [0.2, 0.25) is 0 Å². The highest BCUT2D eigenvalue weighted by Gasteiger charge is 2.34. The first-order chi connectivity index (χ1) is 18.3. The number of anilines is 1. The number of likely N-dealkylation sites (N-methyl/N-ethyl adjacent to an activating group) is 1. The van der Waals surface area contributed by atoms with Gasteiger partial charge in [0.05, 0.1) is 11.1 Å². The zero-order valence-electron chi connectivity index (χ0n) is 21.0. The lowest BCUT2D eigenvalue weighted by Crippen LogP contribution is -2.45. The molecular formula is C28H28F3N5O2. The van der Waals surface area contributed by atoms with Crippen LogP contribution in [0.3, 0.4) is 0 Å². The Morgan fingerprint density at radius 2 is 1.84 bits per heavy atom. The van der Waals surface area contributed by atoms with Crippen molar-refractivity contribution in [3.05, 3.63) is 77.6 Å². The van der Waals surface area contributed by atoms with Gasteiger partial charge in [-0.15, -0.1) is 0 Å². The molecule has 0 atom stereocenters. The largest absolute Gasteiger partial charge is 0.482 e. The lowest BCUT2D eigenvalue weighted by molar-refractivity contribution is -0.138. The Labute approximate surface area is 219 Å². The molecule has 4 rings (SSSR count). The maximum atomic E-state index is 13.8. The van der Waals surface area contributed by atoms with Gasteiger partial charge in [-0.2, -0.15) is 18.4 Å². The maximum Gasteiger partial charge on any atom is 0.416 e. The first kappa shape index (κ1) is 27.1. The van der Waals surface area contributed by atoms with E-state index in [9.17, 15) is 23.2 Å². The predicted molar refractivity (Wildman–Crippen MR) is 137 cm³/mol. The number of piperazine rings is 1. The number of carbonyl (C=O) groups is 1. The summed E-state index contributed by atoms with van der Waals surface area (Å²) in [6, 6.07) is 14.4. The van der Waals surface area contributed by atoms with Crippen molar-refractivity contribution in [2.24, 2.45) is 0 Å². The molecule has 1 N–H and O–H groups in total. The molecule has 10 heteroatoms. The summed E-state index contributed by atoms with van der Waals surface area (Å²) in [5.41, 5.74) is 1.23. The van der Waals surface area contributed by atoms with Crippen molar-refractivity contribution in [3.63, 3.8) is 0 Å². The third-order valence-electron chi connectivity index (χ3n) is 6.46. The molecule has 1 aliphatic heterocycles. The minimum atomic E-state index is -4.56. The van der Waals surface area contributed by atoms with Crippen LogP contribution < -0.4 is 10.1 Å². The molecule has 198 valence electrons. The molecule has 1 aromatic heterocycles. The summed E-state index contributed by atoms with van der Waals surface area (Å²) in [6.07, 6.45) is -1.25. The zero-order chi connectivity index (χ0) is 27.1. The van der Waals surface area contributed by atoms with Gasteiger partial charge >= 0.3 is 6.18 Å². The minimum absolute atomic E-state index is 0.0258. The van der Waals surface area contributed by atoms with E-state index in [2.05, 4.69) is 22.1 Å². The summed E-state index contributed by atoms with van der Waals surface area (Å²) in [7, 11) is 0. The second kappa shape index (κ2) is 12.1. The molecule has 1 aliphatic rings. The number of nitriles is 1. The number of pyridine rings is 1. The van der Waals surface area contributed by atoms with Crippen LogP contribution in [0.1, 0.15) is 23.6 Å². The molecule has 0 saturated carbocycles. The van der Waals surface area contributed by atoms with Crippen molar-refractivity contribution in [2.75, 3.05) is 44.6 Å². The van der Waals surface area contributed by atoms with Crippen molar-refractivity contribution in [1.82, 2.24) is 14.8 Å². The van der Waals surface area contributed by atoms with E-state index in [0.29, 0.717) is 13.1 Å². The van der Waals surface area contributed by atoms with Gasteiger partial charge in [-0.1, -0.05) is 25.1 Å². The molecule has 0 aliphatic carbocycles. The van der Waals surface area contributed by atoms with Crippen LogP contribution in [0.5, 0.6) is 5.75 Å². The van der Waals surface area contributed by atoms with Crippen LogP contribution in [0.15, 0.2) is 60.9 Å². The smallest absolute Gasteiger partial charge is 0.416 e. The van der Waals surface area contributed by atoms with Crippen LogP contribution in [0, 0.1) is 11.3 Å². The summed E-state index contributed by atoms with van der Waals surface area (Å²) in [5.74, 6) is -0.438. The fourth-order valence-corrected chi connectivity index (χ4v) is 4.36. The molecule has 1 saturated heterocycles. The third kappa shape index (κ3) is 6.88. The predicted octanol–water partition coefficient (Wildman–Crippen LogP) is 4.79. The van der Waals surface area contributed by atoms with Crippen LogP contribution in [0.4, 0.5) is 18.9 Å². The highest BCUT2D eigenvalue weighted by atomic mass is 19.4. The SMILES string of the molecule is CCN1CCN(Cc2ccc(NC(=O)COc3ccc(-c4cccnc4)cc3C#N)cc2C(F)(F)F)CC1. The van der Waals surface area contributed by atoms with Crippen molar-refractivity contribution >= 4 is 11.6 Å². The number of hydrogen-bond donors (Lipinski definition) is 1. The minimum Gasteiger partial charge on any atom is -0.482 e. The molecule has 0 spiro atoms. The van der Waals surface area contributed by atoms with E-state index in [-0.39, 0.29) is 29.1 Å². The Morgan fingerprint density at radius 3 is 2.50 bits per heavy atom. The summed E-state index contributed by atoms with van der Waals surface area (Å²) in [6.45, 7) is 5.77. The van der Waals surface area contributed by atoms with E-state index in [4.69, 9.17) is 4.74 Å². The number of rotatable bonds is 8. The average molecular weight is 524 g/mol. The molecule has 0 radical (unpaired) electrons. The maximum absolute atomic E-state index is 13.8. The molecule has 38 heavy (non-hydrogen) atoms. The normalized spacial score (nSPS) is 14.6. The topological polar surface area (TPSA) is 81.5 Å². The lowest BCUT2D eigenvalue weighted by Gasteiger charge is -2.34. The van der Waals surface area contributed by atoms with Crippen molar-refractivity contribution < 1.29 is 22.7 Å². The fourth-order valence-electron chi connectivity index (χ4n) is 4.36. The van der Waals surface area contributed by atoms with Gasteiger partial charge in [0.15, 0.2) is 6.61 Å². The van der Waals surface area contributed by atoms with Crippen molar-refractivity contribution in [1.29, 1.82) is 5.26 Å². The second-order valence-electron chi connectivity index (χ2n) is 8.98. The molecule has 0 bridgehead atoms. The number of aromatic nitrogens is 1. The summed E-state index contributed by atoms with van der Waals surface area (Å²) < 4.78 is 47.0. The molecule has 2 aromatic carbocycles. The number of halogens is 3. The van der Waals surface area contributed by atoms with Crippen LogP contribution in [-0.2, 0) is 17.5 Å². The molecule has 0 unspecified atom stereocenters. The number of amides is 1. The zero-order valence-corrected chi connectivity index (χ0v) is 21.0. The summed E-state index contributed by atoms with van der Waals surface area (Å²) in [4.78, 5) is 20.8. The van der Waals surface area contributed by atoms with Gasteiger partial charge in [0, 0.05) is 56.4 Å². The first-order valence-corrected chi connectivity index (χ1v) is 12.3. The van der Waals surface area contributed by atoms with E-state index < -0.39 is 24.3 Å². The number of ether oxygens (including phenoxy) is 1. The first-order valence-electron chi connectivity index (χ1n) is 12.3. The van der Waals surface area contributed by atoms with E-state index in [1.54, 1.807) is 36.7 Å². The Balaban J connectivity index is 1.40. The lowest BCUT2D eigenvalue weighted by atomic mass is 10.0. The van der Waals surface area contributed by atoms with Crippen LogP contribution >= 0.6 is 0 Å². The number of hydrogen-bond acceptors (Lipinski definition) is 6. The molecule has 3 aromatic rings. The van der Waals surface area contributed by atoms with Crippen LogP contribution in [-0.4, -0.2) is 60.0 Å². The van der Waals surface area contributed by atoms with E-state index >= 15 is 0 Å². The number of nitrogens with zero attached hydrogens (tertiary/aromatic N) is 4. The average Bonchev–Trinajstić information content (AvgIpc) is 2.93. The van der Waals surface area contributed by atoms with Gasteiger partial charge < -0.3 is 15.0 Å². The Bertz CT molecular complexity index is 1300. The Kier molecular flexibility index (Phi) is 8.61. The Hall–Kier alpha value is -3.94. The molecular weight excluding hydrogens is 495 g/mol. The monoisotopic (exact) mass is 523 g/mol. The second-order valence-corrected chi connectivity index (χ2v) is 8.98. The number of carbonyl (C=O) groups excluding carboxylic acids is 1. The Morgan fingerprint density at radius 1 is 1.08 bits per heavy atom. The van der Waals surface area contributed by atoms with Gasteiger partial charge in [0.2, 0.25) is 0 Å². The number of benzene rings is 2. The van der Waals surface area contributed by atoms with Gasteiger partial charge in [0.1, 0.15) is 11.8 Å². The standard InChI is InChI=1S/C28H28F3N5O2/c1-2-35-10-12-36(13-11-35)18-22-5-7-24(15-25(22)28(29,30)31)34-27(37)19-38-26-8-6-20(14-23(26)16-32)21-4-3-9-33-17-21/h3-9,14-15,17H,2,10-13,18-19H2,1H3,(H,34,37). The summed E-state index contributed by atoms with van der Waals surface area (Å²) >= 11 is 0. The molecule has 7 nitrogen and oxygen atoms in total. The fraction of sp³-hybridized carbons (Fsp3) is 0.321. The third-order valence-corrected chi connectivity index (χ3v) is 6.46. The van der Waals surface area contributed by atoms with E-state index in [0.717, 1.165) is 36.8 Å². The van der Waals surface area contributed by atoms with E-state index in [1.807, 2.05) is 17.0 Å². The highest BCUT2D eigenvalue weighted by molar-refractivity contribution is 5.92. The van der Waals surface area contributed by atoms with Gasteiger partial charge in [-0.05, 0) is 48.0 Å². The van der Waals surface area contributed by atoms with E-state index in [1.165, 1.54) is 12.1 Å². The molecule has 1 amide bonds. The number of nitrogens with one attached hydrogen (secondary N) is 1. The highest BCUT2D eigenvalue weighted by Crippen LogP contribution is 2.34. The van der Waals surface area contributed by atoms with Gasteiger partial charge in [-0.25, -0.2) is 0 Å². The molecule has 1 fully saturated rings. The van der Waals surface area contributed by atoms with Crippen LogP contribution in [0.25, 0.3) is 11.1 Å². The molecule has 2 heterocycles. The van der Waals surface area contributed by atoms with Crippen molar-refractivity contribution in [2.45, 2.75) is 19.6 Å². The van der Waals surface area contributed by atoms with Crippen molar-refractivity contribution in [3.8, 4) is 22.9 Å².